The number of rotatable bonds is 3. The molecule has 0 heterocycles. The van der Waals surface area contributed by atoms with Crippen molar-refractivity contribution in [3.05, 3.63) is 35.6 Å². The van der Waals surface area contributed by atoms with Crippen LogP contribution >= 0.6 is 0 Å². The SMILES string of the molecule is CC(O)(CC1CC2CCC1C2)c1ccccc1F. The maximum Gasteiger partial charge on any atom is 0.129 e. The summed E-state index contributed by atoms with van der Waals surface area (Å²) in [4.78, 5) is 0. The molecule has 0 aliphatic heterocycles. The van der Waals surface area contributed by atoms with Gasteiger partial charge in [-0.3, -0.25) is 0 Å². The Balaban J connectivity index is 1.77. The first-order chi connectivity index (χ1) is 8.56. The molecule has 0 amide bonds. The minimum Gasteiger partial charge on any atom is -0.385 e. The van der Waals surface area contributed by atoms with Gasteiger partial charge in [0.2, 0.25) is 0 Å². The van der Waals surface area contributed by atoms with Crippen molar-refractivity contribution in [3.63, 3.8) is 0 Å². The van der Waals surface area contributed by atoms with Gasteiger partial charge in [0.1, 0.15) is 5.82 Å². The van der Waals surface area contributed by atoms with Gasteiger partial charge in [-0.2, -0.15) is 0 Å². The highest BCUT2D eigenvalue weighted by atomic mass is 19.1. The summed E-state index contributed by atoms with van der Waals surface area (Å²) in [6, 6.07) is 6.62. The topological polar surface area (TPSA) is 20.2 Å². The van der Waals surface area contributed by atoms with Crippen molar-refractivity contribution >= 4 is 0 Å². The zero-order chi connectivity index (χ0) is 12.8. The van der Waals surface area contributed by atoms with E-state index >= 15 is 0 Å². The Hall–Kier alpha value is -0.890. The van der Waals surface area contributed by atoms with E-state index in [9.17, 15) is 9.50 Å². The van der Waals surface area contributed by atoms with Gasteiger partial charge in [-0.1, -0.05) is 24.6 Å². The fourth-order valence-corrected chi connectivity index (χ4v) is 4.14. The molecule has 4 unspecified atom stereocenters. The van der Waals surface area contributed by atoms with E-state index in [4.69, 9.17) is 0 Å². The summed E-state index contributed by atoms with van der Waals surface area (Å²) in [5, 5.41) is 10.6. The van der Waals surface area contributed by atoms with Gasteiger partial charge in [0, 0.05) is 5.56 Å². The van der Waals surface area contributed by atoms with Crippen molar-refractivity contribution < 1.29 is 9.50 Å². The molecule has 2 heteroatoms. The third kappa shape index (κ3) is 2.07. The highest BCUT2D eigenvalue weighted by molar-refractivity contribution is 5.23. The molecule has 4 atom stereocenters. The van der Waals surface area contributed by atoms with E-state index in [0.717, 1.165) is 11.8 Å². The lowest BCUT2D eigenvalue weighted by atomic mass is 9.78. The fourth-order valence-electron chi connectivity index (χ4n) is 4.14. The standard InChI is InChI=1S/C16H21FO/c1-16(18,14-4-2-3-5-15(14)17)10-13-9-11-6-7-12(13)8-11/h2-5,11-13,18H,6-10H2,1H3. The Labute approximate surface area is 108 Å². The number of fused-ring (bicyclic) bond motifs is 2. The molecule has 1 nitrogen and oxygen atoms in total. The quantitative estimate of drug-likeness (QED) is 0.861. The zero-order valence-electron chi connectivity index (χ0n) is 10.9. The normalized spacial score (nSPS) is 33.6. The van der Waals surface area contributed by atoms with Gasteiger partial charge in [-0.25, -0.2) is 4.39 Å². The van der Waals surface area contributed by atoms with Gasteiger partial charge < -0.3 is 5.11 Å². The molecule has 0 saturated heterocycles. The molecular formula is C16H21FO. The van der Waals surface area contributed by atoms with Crippen molar-refractivity contribution in [1.29, 1.82) is 0 Å². The average Bonchev–Trinajstić information content (AvgIpc) is 2.90. The lowest BCUT2D eigenvalue weighted by Gasteiger charge is -2.31. The molecule has 98 valence electrons. The molecular weight excluding hydrogens is 227 g/mol. The minimum atomic E-state index is -1.03. The molecule has 0 aromatic heterocycles. The van der Waals surface area contributed by atoms with E-state index in [-0.39, 0.29) is 5.82 Å². The Bertz CT molecular complexity index is 440. The smallest absolute Gasteiger partial charge is 0.129 e. The molecule has 1 N–H and O–H groups in total. The first-order valence-corrected chi connectivity index (χ1v) is 7.03. The van der Waals surface area contributed by atoms with Crippen molar-refractivity contribution in [2.45, 2.75) is 44.6 Å². The molecule has 1 aromatic rings. The van der Waals surface area contributed by atoms with E-state index < -0.39 is 5.60 Å². The summed E-state index contributed by atoms with van der Waals surface area (Å²) in [5.41, 5.74) is -0.576. The molecule has 1 aromatic carbocycles. The Kier molecular flexibility index (Phi) is 2.93. The number of benzene rings is 1. The van der Waals surface area contributed by atoms with Crippen LogP contribution in [0.2, 0.25) is 0 Å². The Morgan fingerprint density at radius 3 is 2.67 bits per heavy atom. The van der Waals surface area contributed by atoms with Crippen LogP contribution in [0.25, 0.3) is 0 Å². The second-order valence-corrected chi connectivity index (χ2v) is 6.39. The van der Waals surface area contributed by atoms with E-state index in [2.05, 4.69) is 0 Å². The second-order valence-electron chi connectivity index (χ2n) is 6.39. The third-order valence-electron chi connectivity index (χ3n) is 5.00. The summed E-state index contributed by atoms with van der Waals surface area (Å²) in [6.45, 7) is 1.76. The van der Waals surface area contributed by atoms with Crippen LogP contribution in [-0.2, 0) is 5.60 Å². The molecule has 2 aliphatic carbocycles. The maximum absolute atomic E-state index is 13.8. The highest BCUT2D eigenvalue weighted by Gasteiger charge is 2.42. The fraction of sp³-hybridized carbons (Fsp3) is 0.625. The van der Waals surface area contributed by atoms with Gasteiger partial charge in [0.05, 0.1) is 5.60 Å². The second kappa shape index (κ2) is 4.34. The average molecular weight is 248 g/mol. The molecule has 2 fully saturated rings. The van der Waals surface area contributed by atoms with Crippen LogP contribution in [0.15, 0.2) is 24.3 Å². The van der Waals surface area contributed by atoms with Gasteiger partial charge in [0.15, 0.2) is 0 Å². The van der Waals surface area contributed by atoms with Crippen LogP contribution in [0.3, 0.4) is 0 Å². The van der Waals surface area contributed by atoms with E-state index in [1.165, 1.54) is 31.7 Å². The lowest BCUT2D eigenvalue weighted by molar-refractivity contribution is 0.0173. The molecule has 2 saturated carbocycles. The number of hydrogen-bond acceptors (Lipinski definition) is 1. The molecule has 2 bridgehead atoms. The van der Waals surface area contributed by atoms with Crippen LogP contribution in [0.1, 0.15) is 44.6 Å². The van der Waals surface area contributed by atoms with Crippen LogP contribution < -0.4 is 0 Å². The minimum absolute atomic E-state index is 0.286. The summed E-state index contributed by atoms with van der Waals surface area (Å²) in [7, 11) is 0. The van der Waals surface area contributed by atoms with Gasteiger partial charge in [0.25, 0.3) is 0 Å². The van der Waals surface area contributed by atoms with E-state index in [0.29, 0.717) is 17.9 Å². The third-order valence-corrected chi connectivity index (χ3v) is 5.00. The molecule has 0 radical (unpaired) electrons. The first kappa shape index (κ1) is 12.2. The number of halogens is 1. The molecule has 0 spiro atoms. The molecule has 2 aliphatic rings. The monoisotopic (exact) mass is 248 g/mol. The Morgan fingerprint density at radius 1 is 1.28 bits per heavy atom. The van der Waals surface area contributed by atoms with Crippen molar-refractivity contribution in [3.8, 4) is 0 Å². The van der Waals surface area contributed by atoms with Crippen molar-refractivity contribution in [1.82, 2.24) is 0 Å². The van der Waals surface area contributed by atoms with Crippen LogP contribution in [-0.4, -0.2) is 5.11 Å². The van der Waals surface area contributed by atoms with Crippen LogP contribution in [0.5, 0.6) is 0 Å². The van der Waals surface area contributed by atoms with E-state index in [1.54, 1.807) is 25.1 Å². The van der Waals surface area contributed by atoms with E-state index in [1.807, 2.05) is 0 Å². The summed E-state index contributed by atoms with van der Waals surface area (Å²) < 4.78 is 13.8. The van der Waals surface area contributed by atoms with Crippen LogP contribution in [0, 0.1) is 23.6 Å². The summed E-state index contributed by atoms with van der Waals surface area (Å²) in [5.74, 6) is 1.94. The van der Waals surface area contributed by atoms with Gasteiger partial charge >= 0.3 is 0 Å². The molecule has 3 rings (SSSR count). The largest absolute Gasteiger partial charge is 0.385 e. The number of aliphatic hydroxyl groups is 1. The lowest BCUT2D eigenvalue weighted by Crippen LogP contribution is -2.28. The highest BCUT2D eigenvalue weighted by Crippen LogP contribution is 2.51. The number of hydrogen-bond donors (Lipinski definition) is 1. The van der Waals surface area contributed by atoms with Crippen molar-refractivity contribution in [2.24, 2.45) is 17.8 Å². The van der Waals surface area contributed by atoms with Gasteiger partial charge in [-0.05, 0) is 56.4 Å². The zero-order valence-corrected chi connectivity index (χ0v) is 10.9. The summed E-state index contributed by atoms with van der Waals surface area (Å²) in [6.07, 6.45) is 5.94. The van der Waals surface area contributed by atoms with Crippen molar-refractivity contribution in [2.75, 3.05) is 0 Å². The Morgan fingerprint density at radius 2 is 2.06 bits per heavy atom. The van der Waals surface area contributed by atoms with Crippen LogP contribution in [0.4, 0.5) is 4.39 Å². The summed E-state index contributed by atoms with van der Waals surface area (Å²) >= 11 is 0. The first-order valence-electron chi connectivity index (χ1n) is 7.03. The predicted molar refractivity (Wildman–Crippen MR) is 69.5 cm³/mol. The molecule has 18 heavy (non-hydrogen) atoms. The maximum atomic E-state index is 13.8. The predicted octanol–water partition coefficient (Wildman–Crippen LogP) is 3.86. The van der Waals surface area contributed by atoms with Gasteiger partial charge in [-0.15, -0.1) is 0 Å².